The summed E-state index contributed by atoms with van der Waals surface area (Å²) < 4.78 is 0. The monoisotopic (exact) mass is 485 g/mol. The van der Waals surface area contributed by atoms with Gasteiger partial charge in [-0.3, -0.25) is 29.0 Å². The molecule has 35 heavy (non-hydrogen) atoms. The molecule has 174 valence electrons. The van der Waals surface area contributed by atoms with E-state index in [1.807, 2.05) is 12.1 Å². The van der Waals surface area contributed by atoms with Crippen LogP contribution in [0.5, 0.6) is 0 Å². The Kier molecular flexibility index (Phi) is 5.04. The van der Waals surface area contributed by atoms with E-state index < -0.39 is 17.8 Å². The average Bonchev–Trinajstić information content (AvgIpc) is 3.16. The molecule has 1 aromatic heterocycles. The Morgan fingerprint density at radius 2 is 1.43 bits per heavy atom. The lowest BCUT2D eigenvalue weighted by Gasteiger charge is -2.24. The number of imide groups is 2. The van der Waals surface area contributed by atoms with E-state index in [9.17, 15) is 19.2 Å². The SMILES string of the molecule is O=C1c2ccccc2C(=O)N1CC1CC2C(=O)N(c3ccccc3)C(=O)C2Cc2ccc(Cl)nc21. The van der Waals surface area contributed by atoms with Crippen LogP contribution in [0.25, 0.3) is 0 Å². The predicted octanol–water partition coefficient (Wildman–Crippen LogP) is 3.87. The number of carbonyl (C=O) groups excluding carboxylic acids is 4. The molecule has 0 N–H and O–H groups in total. The van der Waals surface area contributed by atoms with Gasteiger partial charge in [-0.25, -0.2) is 4.98 Å². The van der Waals surface area contributed by atoms with E-state index in [0.29, 0.717) is 28.9 Å². The number of amides is 4. The van der Waals surface area contributed by atoms with Crippen LogP contribution in [-0.2, 0) is 16.0 Å². The Morgan fingerprint density at radius 3 is 2.11 bits per heavy atom. The van der Waals surface area contributed by atoms with Crippen molar-refractivity contribution >= 4 is 40.9 Å². The molecule has 2 aromatic carbocycles. The number of anilines is 1. The molecule has 3 unspecified atom stereocenters. The molecule has 1 saturated heterocycles. The van der Waals surface area contributed by atoms with Crippen LogP contribution in [0.3, 0.4) is 0 Å². The van der Waals surface area contributed by atoms with Gasteiger partial charge in [0.25, 0.3) is 11.8 Å². The number of aromatic nitrogens is 1. The largest absolute Gasteiger partial charge is 0.274 e. The number of halogens is 1. The highest BCUT2D eigenvalue weighted by Gasteiger charge is 2.51. The number of hydrogen-bond donors (Lipinski definition) is 0. The smallest absolute Gasteiger partial charge is 0.261 e. The molecule has 3 atom stereocenters. The minimum Gasteiger partial charge on any atom is -0.274 e. The Hall–Kier alpha value is -3.84. The number of hydrogen-bond acceptors (Lipinski definition) is 5. The number of nitrogens with zero attached hydrogens (tertiary/aromatic N) is 3. The van der Waals surface area contributed by atoms with Crippen LogP contribution in [-0.4, -0.2) is 40.1 Å². The first kappa shape index (κ1) is 21.7. The molecule has 4 amide bonds. The lowest BCUT2D eigenvalue weighted by molar-refractivity contribution is -0.122. The van der Waals surface area contributed by atoms with Crippen molar-refractivity contribution in [2.24, 2.45) is 11.8 Å². The minimum atomic E-state index is -0.587. The van der Waals surface area contributed by atoms with Crippen LogP contribution in [0.4, 0.5) is 5.69 Å². The molecule has 0 radical (unpaired) electrons. The molecular weight excluding hydrogens is 466 g/mol. The fourth-order valence-electron chi connectivity index (χ4n) is 5.56. The highest BCUT2D eigenvalue weighted by atomic mass is 35.5. The number of pyridine rings is 1. The van der Waals surface area contributed by atoms with E-state index in [-0.39, 0.29) is 41.7 Å². The second-order valence-electron chi connectivity index (χ2n) is 9.14. The molecule has 1 fully saturated rings. The second kappa shape index (κ2) is 8.13. The van der Waals surface area contributed by atoms with Crippen molar-refractivity contribution < 1.29 is 19.2 Å². The molecule has 3 heterocycles. The summed E-state index contributed by atoms with van der Waals surface area (Å²) in [6.45, 7) is 0.0583. The molecule has 0 saturated carbocycles. The summed E-state index contributed by atoms with van der Waals surface area (Å²) in [7, 11) is 0. The van der Waals surface area contributed by atoms with Gasteiger partial charge in [-0.05, 0) is 48.7 Å². The number of para-hydroxylation sites is 1. The lowest BCUT2D eigenvalue weighted by atomic mass is 9.87. The van der Waals surface area contributed by atoms with Crippen LogP contribution in [0, 0.1) is 11.8 Å². The normalized spacial score (nSPS) is 23.3. The molecule has 1 aliphatic carbocycles. The van der Waals surface area contributed by atoms with Gasteiger partial charge in [0, 0.05) is 12.5 Å². The minimum absolute atomic E-state index is 0.0583. The molecule has 7 nitrogen and oxygen atoms in total. The maximum Gasteiger partial charge on any atom is 0.261 e. The zero-order valence-electron chi connectivity index (χ0n) is 18.6. The van der Waals surface area contributed by atoms with E-state index in [0.717, 1.165) is 5.56 Å². The van der Waals surface area contributed by atoms with Gasteiger partial charge in [0.1, 0.15) is 5.15 Å². The van der Waals surface area contributed by atoms with Gasteiger partial charge in [-0.2, -0.15) is 0 Å². The van der Waals surface area contributed by atoms with Crippen molar-refractivity contribution in [2.45, 2.75) is 18.8 Å². The number of rotatable bonds is 3. The van der Waals surface area contributed by atoms with Crippen LogP contribution >= 0.6 is 11.6 Å². The van der Waals surface area contributed by atoms with Crippen molar-refractivity contribution in [1.82, 2.24) is 9.88 Å². The Labute approximate surface area is 206 Å². The second-order valence-corrected chi connectivity index (χ2v) is 9.53. The summed E-state index contributed by atoms with van der Waals surface area (Å²) in [6.07, 6.45) is 0.628. The Balaban J connectivity index is 1.38. The number of fused-ring (bicyclic) bond motifs is 3. The van der Waals surface area contributed by atoms with Gasteiger partial charge in [0.15, 0.2) is 0 Å². The van der Waals surface area contributed by atoms with E-state index in [1.54, 1.807) is 54.6 Å². The maximum atomic E-state index is 13.5. The first-order valence-corrected chi connectivity index (χ1v) is 11.8. The van der Waals surface area contributed by atoms with Crippen LogP contribution in [0.1, 0.15) is 44.3 Å². The van der Waals surface area contributed by atoms with Gasteiger partial charge >= 0.3 is 0 Å². The number of benzene rings is 2. The van der Waals surface area contributed by atoms with Crippen LogP contribution < -0.4 is 4.90 Å². The molecule has 0 bridgehead atoms. The first-order valence-electron chi connectivity index (χ1n) is 11.5. The van der Waals surface area contributed by atoms with Crippen molar-refractivity contribution in [3.63, 3.8) is 0 Å². The van der Waals surface area contributed by atoms with E-state index in [1.165, 1.54) is 9.80 Å². The van der Waals surface area contributed by atoms with E-state index in [4.69, 9.17) is 11.6 Å². The summed E-state index contributed by atoms with van der Waals surface area (Å²) in [6, 6.07) is 19.1. The molecule has 2 aliphatic heterocycles. The third-order valence-electron chi connectivity index (χ3n) is 7.20. The maximum absolute atomic E-state index is 13.5. The molecule has 8 heteroatoms. The standard InChI is InChI=1S/C27H20ClN3O4/c28-22-11-10-15-12-20-21(27(35)31(26(20)34)17-6-2-1-3-7-17)13-16(23(15)29-22)14-30-24(32)18-8-4-5-9-19(18)25(30)33/h1-11,16,20-21H,12-14H2. The molecular formula is C27H20ClN3O4. The van der Waals surface area contributed by atoms with Crippen molar-refractivity contribution in [3.05, 3.63) is 94.3 Å². The highest BCUT2D eigenvalue weighted by Crippen LogP contribution is 2.43. The molecule has 3 aliphatic rings. The quantitative estimate of drug-likeness (QED) is 0.415. The zero-order chi connectivity index (χ0) is 24.3. The van der Waals surface area contributed by atoms with Gasteiger partial charge < -0.3 is 0 Å². The summed E-state index contributed by atoms with van der Waals surface area (Å²) in [5.41, 5.74) is 2.72. The van der Waals surface area contributed by atoms with Gasteiger partial charge in [-0.1, -0.05) is 48.0 Å². The van der Waals surface area contributed by atoms with Gasteiger partial charge in [0.2, 0.25) is 11.8 Å². The third-order valence-corrected chi connectivity index (χ3v) is 7.41. The topological polar surface area (TPSA) is 87.7 Å². The van der Waals surface area contributed by atoms with Gasteiger partial charge in [0.05, 0.1) is 34.3 Å². The summed E-state index contributed by atoms with van der Waals surface area (Å²) in [5, 5.41) is 0.284. The Bertz CT molecular complexity index is 1370. The van der Waals surface area contributed by atoms with Crippen LogP contribution in [0.2, 0.25) is 5.15 Å². The Morgan fingerprint density at radius 1 is 0.800 bits per heavy atom. The van der Waals surface area contributed by atoms with E-state index in [2.05, 4.69) is 4.98 Å². The zero-order valence-corrected chi connectivity index (χ0v) is 19.3. The average molecular weight is 486 g/mol. The fraction of sp³-hybridized carbons (Fsp3) is 0.222. The van der Waals surface area contributed by atoms with E-state index >= 15 is 0 Å². The molecule has 3 aromatic rings. The van der Waals surface area contributed by atoms with Gasteiger partial charge in [-0.15, -0.1) is 0 Å². The summed E-state index contributed by atoms with van der Waals surface area (Å²) >= 11 is 6.22. The van der Waals surface area contributed by atoms with Crippen molar-refractivity contribution in [2.75, 3.05) is 11.4 Å². The first-order chi connectivity index (χ1) is 16.9. The number of carbonyl (C=O) groups is 4. The summed E-state index contributed by atoms with van der Waals surface area (Å²) in [4.78, 5) is 60.1. The summed E-state index contributed by atoms with van der Waals surface area (Å²) in [5.74, 6) is -2.81. The predicted molar refractivity (Wildman–Crippen MR) is 128 cm³/mol. The molecule has 6 rings (SSSR count). The molecule has 0 spiro atoms. The lowest BCUT2D eigenvalue weighted by Crippen LogP contribution is -2.36. The fourth-order valence-corrected chi connectivity index (χ4v) is 5.71. The van der Waals surface area contributed by atoms with Crippen LogP contribution in [0.15, 0.2) is 66.7 Å². The highest BCUT2D eigenvalue weighted by molar-refractivity contribution is 6.29. The third kappa shape index (κ3) is 3.38. The van der Waals surface area contributed by atoms with Crippen molar-refractivity contribution in [3.8, 4) is 0 Å². The van der Waals surface area contributed by atoms with Crippen molar-refractivity contribution in [1.29, 1.82) is 0 Å².